The summed E-state index contributed by atoms with van der Waals surface area (Å²) >= 11 is 0. The summed E-state index contributed by atoms with van der Waals surface area (Å²) in [5.74, 6) is -3.09. The van der Waals surface area contributed by atoms with E-state index in [1.54, 1.807) is 12.1 Å². The van der Waals surface area contributed by atoms with E-state index < -0.39 is 28.2 Å². The first kappa shape index (κ1) is 17.4. The van der Waals surface area contributed by atoms with Gasteiger partial charge in [-0.3, -0.25) is 10.1 Å². The number of rotatable bonds is 3. The first-order valence-corrected chi connectivity index (χ1v) is 7.93. The topological polar surface area (TPSA) is 102 Å². The summed E-state index contributed by atoms with van der Waals surface area (Å²) in [6, 6.07) is 10.2. The maximum atomic E-state index is 13.5. The quantitative estimate of drug-likeness (QED) is 0.377. The number of ether oxygens (including phenoxy) is 1. The molecule has 1 heterocycles. The third kappa shape index (κ3) is 2.88. The van der Waals surface area contributed by atoms with E-state index in [1.165, 1.54) is 12.1 Å². The number of anilines is 2. The number of carbonyl (C=O) groups is 1. The lowest BCUT2D eigenvalue weighted by Gasteiger charge is -2.23. The maximum Gasteiger partial charge on any atom is 0.338 e. The highest BCUT2D eigenvalue weighted by atomic mass is 19.2. The van der Waals surface area contributed by atoms with Crippen molar-refractivity contribution in [3.63, 3.8) is 0 Å². The third-order valence-corrected chi connectivity index (χ3v) is 4.24. The Balaban J connectivity index is 1.79. The number of nitro benzene ring substituents is 1. The largest absolute Gasteiger partial charge is 0.478 e. The van der Waals surface area contributed by atoms with E-state index >= 15 is 0 Å². The summed E-state index contributed by atoms with van der Waals surface area (Å²) < 4.78 is 32.3. The zero-order valence-corrected chi connectivity index (χ0v) is 13.9. The summed E-state index contributed by atoms with van der Waals surface area (Å²) in [5.41, 5.74) is 0.701. The van der Waals surface area contributed by atoms with E-state index in [-0.39, 0.29) is 22.7 Å². The number of hydrogen-bond donors (Lipinski definition) is 2. The van der Waals surface area contributed by atoms with Crippen molar-refractivity contribution in [3.8, 4) is 22.6 Å². The normalized spacial score (nSPS) is 11.6. The van der Waals surface area contributed by atoms with Crippen molar-refractivity contribution in [1.29, 1.82) is 0 Å². The summed E-state index contributed by atoms with van der Waals surface area (Å²) in [5, 5.41) is 23.3. The predicted molar refractivity (Wildman–Crippen MR) is 95.2 cm³/mol. The van der Waals surface area contributed by atoms with E-state index in [2.05, 4.69) is 5.32 Å². The van der Waals surface area contributed by atoms with Crippen LogP contribution in [0.3, 0.4) is 0 Å². The molecule has 0 aromatic heterocycles. The highest BCUT2D eigenvalue weighted by molar-refractivity contribution is 5.99. The van der Waals surface area contributed by atoms with Crippen LogP contribution in [0.2, 0.25) is 0 Å². The minimum atomic E-state index is -1.35. The van der Waals surface area contributed by atoms with Crippen molar-refractivity contribution in [3.05, 3.63) is 75.8 Å². The highest BCUT2D eigenvalue weighted by Crippen LogP contribution is 2.46. The minimum Gasteiger partial charge on any atom is -0.478 e. The molecule has 3 aromatic carbocycles. The first-order chi connectivity index (χ1) is 13.3. The number of carboxylic acids is 1. The van der Waals surface area contributed by atoms with Crippen LogP contribution in [0.15, 0.2) is 48.5 Å². The second kappa shape index (κ2) is 6.31. The molecule has 0 radical (unpaired) electrons. The highest BCUT2D eigenvalue weighted by Gasteiger charge is 2.27. The first-order valence-electron chi connectivity index (χ1n) is 7.93. The summed E-state index contributed by atoms with van der Waals surface area (Å²) in [7, 11) is 0. The van der Waals surface area contributed by atoms with Crippen LogP contribution >= 0.6 is 0 Å². The lowest BCUT2D eigenvalue weighted by Crippen LogP contribution is -2.10. The summed E-state index contributed by atoms with van der Waals surface area (Å²) in [6.07, 6.45) is 0. The number of non-ortho nitro benzene ring substituents is 1. The van der Waals surface area contributed by atoms with Crippen molar-refractivity contribution in [1.82, 2.24) is 0 Å². The van der Waals surface area contributed by atoms with Gasteiger partial charge in [0.1, 0.15) is 0 Å². The van der Waals surface area contributed by atoms with Gasteiger partial charge in [0, 0.05) is 6.07 Å². The van der Waals surface area contributed by atoms with Crippen LogP contribution in [0, 0.1) is 21.7 Å². The molecule has 0 unspecified atom stereocenters. The van der Waals surface area contributed by atoms with E-state index in [1.807, 2.05) is 0 Å². The third-order valence-electron chi connectivity index (χ3n) is 4.24. The van der Waals surface area contributed by atoms with Crippen molar-refractivity contribution < 1.29 is 28.3 Å². The Morgan fingerprint density at radius 1 is 1.00 bits per heavy atom. The van der Waals surface area contributed by atoms with Crippen LogP contribution in [-0.4, -0.2) is 16.0 Å². The number of aromatic carboxylic acids is 1. The van der Waals surface area contributed by atoms with E-state index in [9.17, 15) is 28.8 Å². The van der Waals surface area contributed by atoms with Gasteiger partial charge in [-0.15, -0.1) is 0 Å². The van der Waals surface area contributed by atoms with Crippen LogP contribution in [0.25, 0.3) is 11.1 Å². The minimum absolute atomic E-state index is 0.0264. The molecule has 0 saturated carbocycles. The number of fused-ring (bicyclic) bond motifs is 2. The standard InChI is InChI=1S/C19H10F2N2O5/c20-13-3-1-9(5-14(13)21)10-2-4-15-16(6-10)28-17-8-11(23(26)27)7-12(19(24)25)18(17)22-15/h1-8,22H,(H,24,25). The van der Waals surface area contributed by atoms with Gasteiger partial charge in [0.25, 0.3) is 5.69 Å². The van der Waals surface area contributed by atoms with E-state index in [0.29, 0.717) is 16.8 Å². The Morgan fingerprint density at radius 2 is 1.71 bits per heavy atom. The zero-order valence-electron chi connectivity index (χ0n) is 13.9. The van der Waals surface area contributed by atoms with Crippen molar-refractivity contribution >= 4 is 23.0 Å². The molecule has 0 amide bonds. The van der Waals surface area contributed by atoms with Gasteiger partial charge in [0.15, 0.2) is 23.1 Å². The molecule has 2 N–H and O–H groups in total. The molecule has 3 aromatic rings. The molecule has 9 heteroatoms. The SMILES string of the molecule is O=C(O)c1cc([N+](=O)[O-])cc2c1Nc1ccc(-c3ccc(F)c(F)c3)cc1O2. The molecule has 1 aliphatic heterocycles. The molecule has 0 aliphatic carbocycles. The number of halogens is 2. The van der Waals surface area contributed by atoms with E-state index in [4.69, 9.17) is 4.74 Å². The molecule has 1 aliphatic rings. The maximum absolute atomic E-state index is 13.5. The van der Waals surface area contributed by atoms with Gasteiger partial charge in [-0.2, -0.15) is 0 Å². The molecule has 0 fully saturated rings. The van der Waals surface area contributed by atoms with Gasteiger partial charge < -0.3 is 15.2 Å². The Labute approximate surface area is 156 Å². The molecule has 0 atom stereocenters. The molecule has 0 spiro atoms. The zero-order chi connectivity index (χ0) is 20.0. The number of nitrogens with one attached hydrogen (secondary N) is 1. The van der Waals surface area contributed by atoms with Crippen LogP contribution < -0.4 is 10.1 Å². The molecular weight excluding hydrogens is 374 g/mol. The number of benzene rings is 3. The van der Waals surface area contributed by atoms with Crippen molar-refractivity contribution in [2.45, 2.75) is 0 Å². The fourth-order valence-electron chi connectivity index (χ4n) is 2.90. The van der Waals surface area contributed by atoms with Crippen molar-refractivity contribution in [2.75, 3.05) is 5.32 Å². The number of hydrogen-bond acceptors (Lipinski definition) is 5. The molecule has 28 heavy (non-hydrogen) atoms. The number of nitrogens with zero attached hydrogens (tertiary/aromatic N) is 1. The van der Waals surface area contributed by atoms with Gasteiger partial charge in [0.05, 0.1) is 27.9 Å². The molecule has 140 valence electrons. The second-order valence-electron chi connectivity index (χ2n) is 6.00. The monoisotopic (exact) mass is 384 g/mol. The Bertz CT molecular complexity index is 1160. The summed E-state index contributed by atoms with van der Waals surface area (Å²) in [6.45, 7) is 0. The van der Waals surface area contributed by atoms with Gasteiger partial charge in [-0.1, -0.05) is 12.1 Å². The molecular formula is C19H10F2N2O5. The Morgan fingerprint density at radius 3 is 2.39 bits per heavy atom. The molecule has 0 bridgehead atoms. The van der Waals surface area contributed by atoms with Gasteiger partial charge in [-0.25, -0.2) is 13.6 Å². The van der Waals surface area contributed by atoms with Crippen LogP contribution in [0.5, 0.6) is 11.5 Å². The van der Waals surface area contributed by atoms with Gasteiger partial charge >= 0.3 is 5.97 Å². The van der Waals surface area contributed by atoms with Gasteiger partial charge in [0.2, 0.25) is 0 Å². The Hall–Kier alpha value is -4.01. The van der Waals surface area contributed by atoms with Crippen LogP contribution in [-0.2, 0) is 0 Å². The van der Waals surface area contributed by atoms with E-state index in [0.717, 1.165) is 24.3 Å². The molecule has 7 nitrogen and oxygen atoms in total. The average molecular weight is 384 g/mol. The van der Waals surface area contributed by atoms with Gasteiger partial charge in [-0.05, 0) is 35.4 Å². The van der Waals surface area contributed by atoms with Crippen molar-refractivity contribution in [2.24, 2.45) is 0 Å². The summed E-state index contributed by atoms with van der Waals surface area (Å²) in [4.78, 5) is 21.8. The van der Waals surface area contributed by atoms with Crippen LogP contribution in [0.4, 0.5) is 25.8 Å². The smallest absolute Gasteiger partial charge is 0.338 e. The molecule has 4 rings (SSSR count). The Kier molecular flexibility index (Phi) is 3.92. The lowest BCUT2D eigenvalue weighted by molar-refractivity contribution is -0.384. The predicted octanol–water partition coefficient (Wildman–Crippen LogP) is 5.09. The number of nitro groups is 1. The van der Waals surface area contributed by atoms with Crippen LogP contribution in [0.1, 0.15) is 10.4 Å². The fourth-order valence-corrected chi connectivity index (χ4v) is 2.90. The lowest BCUT2D eigenvalue weighted by atomic mass is 10.0. The molecule has 0 saturated heterocycles. The average Bonchev–Trinajstić information content (AvgIpc) is 2.67. The number of carboxylic acid groups (broad SMARTS) is 1. The fraction of sp³-hybridized carbons (Fsp3) is 0. The second-order valence-corrected chi connectivity index (χ2v) is 6.00.